The molecule has 2 heterocycles. The number of nitrogens with zero attached hydrogens (tertiary/aromatic N) is 4. The smallest absolute Gasteiger partial charge is 0.168 e. The van der Waals surface area contributed by atoms with E-state index in [0.29, 0.717) is 6.04 Å². The van der Waals surface area contributed by atoms with Crippen molar-refractivity contribution in [3.63, 3.8) is 0 Å². The molecule has 1 aliphatic heterocycles. The van der Waals surface area contributed by atoms with Gasteiger partial charge in [0.1, 0.15) is 0 Å². The van der Waals surface area contributed by atoms with Crippen LogP contribution in [0.3, 0.4) is 0 Å². The van der Waals surface area contributed by atoms with Gasteiger partial charge in [0, 0.05) is 6.61 Å². The van der Waals surface area contributed by atoms with Gasteiger partial charge in [0.15, 0.2) is 5.82 Å². The zero-order valence-corrected chi connectivity index (χ0v) is 9.89. The van der Waals surface area contributed by atoms with Crippen LogP contribution in [0.15, 0.2) is 0 Å². The maximum Gasteiger partial charge on any atom is 0.168 e. The normalized spacial score (nSPS) is 23.2. The first-order chi connectivity index (χ1) is 7.83. The van der Waals surface area contributed by atoms with Gasteiger partial charge in [-0.2, -0.15) is 0 Å². The Morgan fingerprint density at radius 1 is 1.62 bits per heavy atom. The van der Waals surface area contributed by atoms with Gasteiger partial charge in [0.05, 0.1) is 18.7 Å². The van der Waals surface area contributed by atoms with E-state index >= 15 is 0 Å². The van der Waals surface area contributed by atoms with Crippen LogP contribution in [0.25, 0.3) is 0 Å². The van der Waals surface area contributed by atoms with Gasteiger partial charge in [0.25, 0.3) is 0 Å². The fourth-order valence-corrected chi connectivity index (χ4v) is 2.06. The fourth-order valence-electron chi connectivity index (χ4n) is 2.06. The summed E-state index contributed by atoms with van der Waals surface area (Å²) in [4.78, 5) is 0. The predicted molar refractivity (Wildman–Crippen MR) is 59.0 cm³/mol. The van der Waals surface area contributed by atoms with E-state index in [1.807, 2.05) is 4.68 Å². The van der Waals surface area contributed by atoms with Crippen molar-refractivity contribution in [2.45, 2.75) is 38.8 Å². The molecule has 16 heavy (non-hydrogen) atoms. The molecule has 0 spiro atoms. The van der Waals surface area contributed by atoms with Gasteiger partial charge in [-0.25, -0.2) is 4.68 Å². The van der Waals surface area contributed by atoms with Gasteiger partial charge in [-0.1, -0.05) is 6.92 Å². The predicted octanol–water partition coefficient (Wildman–Crippen LogP) is 0.695. The second-order valence-electron chi connectivity index (χ2n) is 4.13. The Hall–Kier alpha value is -1.01. The minimum Gasteiger partial charge on any atom is -0.379 e. The van der Waals surface area contributed by atoms with Crippen molar-refractivity contribution in [2.75, 3.05) is 19.8 Å². The van der Waals surface area contributed by atoms with Crippen LogP contribution < -0.4 is 5.32 Å². The quantitative estimate of drug-likeness (QED) is 0.817. The average molecular weight is 225 g/mol. The van der Waals surface area contributed by atoms with Crippen molar-refractivity contribution >= 4 is 0 Å². The third kappa shape index (κ3) is 2.38. The van der Waals surface area contributed by atoms with E-state index in [1.165, 1.54) is 0 Å². The van der Waals surface area contributed by atoms with E-state index in [1.54, 1.807) is 0 Å². The van der Waals surface area contributed by atoms with Gasteiger partial charge in [-0.3, -0.25) is 0 Å². The van der Waals surface area contributed by atoms with E-state index in [2.05, 4.69) is 34.7 Å². The standard InChI is InChI=1S/C10H19N5O/c1-3-11-8(2)10-12-13-14-15(10)9-5-4-6-16-7-9/h8-9,11H,3-7H2,1-2H3. The minimum atomic E-state index is 0.182. The Labute approximate surface area is 95.4 Å². The molecule has 1 aromatic rings. The summed E-state index contributed by atoms with van der Waals surface area (Å²) >= 11 is 0. The van der Waals surface area contributed by atoms with Gasteiger partial charge < -0.3 is 10.1 Å². The van der Waals surface area contributed by atoms with E-state index in [0.717, 1.165) is 38.4 Å². The molecule has 1 aliphatic rings. The molecule has 0 bridgehead atoms. The molecular weight excluding hydrogens is 206 g/mol. The van der Waals surface area contributed by atoms with Crippen molar-refractivity contribution in [3.8, 4) is 0 Å². The van der Waals surface area contributed by atoms with E-state index in [4.69, 9.17) is 4.74 Å². The molecule has 6 heteroatoms. The van der Waals surface area contributed by atoms with Crippen LogP contribution in [0.2, 0.25) is 0 Å². The highest BCUT2D eigenvalue weighted by Gasteiger charge is 2.22. The Morgan fingerprint density at radius 2 is 2.50 bits per heavy atom. The van der Waals surface area contributed by atoms with Gasteiger partial charge in [0.2, 0.25) is 0 Å². The lowest BCUT2D eigenvalue weighted by atomic mass is 10.1. The highest BCUT2D eigenvalue weighted by molar-refractivity contribution is 4.92. The van der Waals surface area contributed by atoms with Crippen LogP contribution in [-0.4, -0.2) is 40.0 Å². The Bertz CT molecular complexity index is 321. The summed E-state index contributed by atoms with van der Waals surface area (Å²) in [5.41, 5.74) is 0. The number of nitrogens with one attached hydrogen (secondary N) is 1. The SMILES string of the molecule is CCNC(C)c1nnnn1C1CCCOC1. The average Bonchev–Trinajstić information content (AvgIpc) is 2.79. The molecule has 0 aliphatic carbocycles. The van der Waals surface area contributed by atoms with Crippen LogP contribution in [0.1, 0.15) is 44.6 Å². The molecule has 2 unspecified atom stereocenters. The highest BCUT2D eigenvalue weighted by atomic mass is 16.5. The first-order valence-electron chi connectivity index (χ1n) is 5.91. The first kappa shape index (κ1) is 11.5. The van der Waals surface area contributed by atoms with Gasteiger partial charge >= 0.3 is 0 Å². The number of hydrogen-bond acceptors (Lipinski definition) is 5. The van der Waals surface area contributed by atoms with Gasteiger partial charge in [-0.15, -0.1) is 5.10 Å². The molecule has 2 atom stereocenters. The topological polar surface area (TPSA) is 64.9 Å². The Morgan fingerprint density at radius 3 is 3.19 bits per heavy atom. The van der Waals surface area contributed by atoms with Crippen LogP contribution in [0.4, 0.5) is 0 Å². The van der Waals surface area contributed by atoms with Crippen molar-refractivity contribution < 1.29 is 4.74 Å². The lowest BCUT2D eigenvalue weighted by molar-refractivity contribution is 0.0526. The van der Waals surface area contributed by atoms with Crippen LogP contribution in [0, 0.1) is 0 Å². The van der Waals surface area contributed by atoms with Crippen molar-refractivity contribution in [2.24, 2.45) is 0 Å². The van der Waals surface area contributed by atoms with E-state index in [9.17, 15) is 0 Å². The summed E-state index contributed by atoms with van der Waals surface area (Å²) in [5.74, 6) is 0.900. The number of aromatic nitrogens is 4. The molecule has 1 aromatic heterocycles. The Kier molecular flexibility index (Phi) is 3.84. The third-order valence-electron chi connectivity index (χ3n) is 2.90. The second-order valence-corrected chi connectivity index (χ2v) is 4.13. The molecule has 1 saturated heterocycles. The van der Waals surface area contributed by atoms with Crippen molar-refractivity contribution in [1.29, 1.82) is 0 Å². The van der Waals surface area contributed by atoms with Crippen LogP contribution in [0.5, 0.6) is 0 Å². The summed E-state index contributed by atoms with van der Waals surface area (Å²) in [6, 6.07) is 0.474. The molecule has 6 nitrogen and oxygen atoms in total. The molecule has 0 amide bonds. The maximum atomic E-state index is 5.46. The monoisotopic (exact) mass is 225 g/mol. The summed E-state index contributed by atoms with van der Waals surface area (Å²) in [7, 11) is 0. The van der Waals surface area contributed by atoms with Crippen LogP contribution >= 0.6 is 0 Å². The molecule has 0 saturated carbocycles. The lowest BCUT2D eigenvalue weighted by Gasteiger charge is -2.24. The number of ether oxygens (including phenoxy) is 1. The summed E-state index contributed by atoms with van der Waals surface area (Å²) in [6.45, 7) is 6.65. The zero-order valence-electron chi connectivity index (χ0n) is 9.89. The first-order valence-corrected chi connectivity index (χ1v) is 5.91. The molecule has 0 aromatic carbocycles. The van der Waals surface area contributed by atoms with E-state index in [-0.39, 0.29) is 6.04 Å². The molecule has 90 valence electrons. The molecular formula is C10H19N5O. The number of tetrazole rings is 1. The molecule has 2 rings (SSSR count). The maximum absolute atomic E-state index is 5.46. The highest BCUT2D eigenvalue weighted by Crippen LogP contribution is 2.21. The zero-order chi connectivity index (χ0) is 11.4. The summed E-state index contributed by atoms with van der Waals surface area (Å²) in [5, 5.41) is 15.3. The summed E-state index contributed by atoms with van der Waals surface area (Å²) < 4.78 is 7.37. The van der Waals surface area contributed by atoms with Crippen molar-refractivity contribution in [3.05, 3.63) is 5.82 Å². The fraction of sp³-hybridized carbons (Fsp3) is 0.900. The third-order valence-corrected chi connectivity index (χ3v) is 2.90. The molecule has 1 fully saturated rings. The van der Waals surface area contributed by atoms with Crippen molar-refractivity contribution in [1.82, 2.24) is 25.5 Å². The largest absolute Gasteiger partial charge is 0.379 e. The molecule has 0 radical (unpaired) electrons. The second kappa shape index (κ2) is 5.36. The summed E-state index contributed by atoms with van der Waals surface area (Å²) in [6.07, 6.45) is 2.18. The number of hydrogen-bond donors (Lipinski definition) is 1. The van der Waals surface area contributed by atoms with Crippen LogP contribution in [-0.2, 0) is 4.74 Å². The van der Waals surface area contributed by atoms with E-state index < -0.39 is 0 Å². The minimum absolute atomic E-state index is 0.182. The Balaban J connectivity index is 2.11. The number of rotatable bonds is 4. The lowest BCUT2D eigenvalue weighted by Crippen LogP contribution is -2.28. The molecule has 1 N–H and O–H groups in total. The van der Waals surface area contributed by atoms with Gasteiger partial charge in [-0.05, 0) is 36.7 Å².